The first kappa shape index (κ1) is 11.6. The van der Waals surface area contributed by atoms with Crippen LogP contribution in [0.4, 0.5) is 0 Å². The average molecular weight is 274 g/mol. The topological polar surface area (TPSA) is 29.1 Å². The van der Waals surface area contributed by atoms with E-state index in [1.54, 1.807) is 0 Å². The van der Waals surface area contributed by atoms with Gasteiger partial charge in [0.25, 0.3) is 0 Å². The standard InChI is InChI=1S/C10H12BrNOS/c1-14-7-10(13)12-6-8-3-2-4-9(11)5-8/h2-5H,6-7H2,1H3,(H,12,13). The van der Waals surface area contributed by atoms with Crippen LogP contribution >= 0.6 is 27.7 Å². The highest BCUT2D eigenvalue weighted by atomic mass is 79.9. The lowest BCUT2D eigenvalue weighted by atomic mass is 10.2. The third-order valence-corrected chi connectivity index (χ3v) is 2.70. The van der Waals surface area contributed by atoms with Crippen molar-refractivity contribution in [2.24, 2.45) is 0 Å². The maximum atomic E-state index is 11.2. The monoisotopic (exact) mass is 273 g/mol. The predicted molar refractivity (Wildman–Crippen MR) is 64.4 cm³/mol. The quantitative estimate of drug-likeness (QED) is 0.913. The smallest absolute Gasteiger partial charge is 0.230 e. The van der Waals surface area contributed by atoms with Crippen molar-refractivity contribution in [2.45, 2.75) is 6.54 Å². The van der Waals surface area contributed by atoms with Crippen molar-refractivity contribution in [1.29, 1.82) is 0 Å². The molecule has 0 radical (unpaired) electrons. The van der Waals surface area contributed by atoms with Crippen molar-refractivity contribution in [3.63, 3.8) is 0 Å². The average Bonchev–Trinajstić information content (AvgIpc) is 2.15. The molecule has 0 aromatic heterocycles. The lowest BCUT2D eigenvalue weighted by Gasteiger charge is -2.04. The van der Waals surface area contributed by atoms with Gasteiger partial charge < -0.3 is 5.32 Å². The molecule has 2 nitrogen and oxygen atoms in total. The fraction of sp³-hybridized carbons (Fsp3) is 0.300. The summed E-state index contributed by atoms with van der Waals surface area (Å²) < 4.78 is 1.04. The van der Waals surface area contributed by atoms with Gasteiger partial charge in [-0.1, -0.05) is 28.1 Å². The fourth-order valence-corrected chi connectivity index (χ4v) is 1.84. The Morgan fingerprint density at radius 3 is 3.00 bits per heavy atom. The highest BCUT2D eigenvalue weighted by molar-refractivity contribution is 9.10. The molecule has 1 amide bonds. The predicted octanol–water partition coefficient (Wildman–Crippen LogP) is 2.43. The van der Waals surface area contributed by atoms with Crippen LogP contribution < -0.4 is 5.32 Å². The van der Waals surface area contributed by atoms with Crippen LogP contribution in [-0.4, -0.2) is 17.9 Å². The second-order valence-electron chi connectivity index (χ2n) is 2.84. The minimum Gasteiger partial charge on any atom is -0.351 e. The Bertz CT molecular complexity index is 317. The van der Waals surface area contributed by atoms with Crippen molar-refractivity contribution >= 4 is 33.6 Å². The molecule has 0 spiro atoms. The highest BCUT2D eigenvalue weighted by Gasteiger charge is 1.99. The highest BCUT2D eigenvalue weighted by Crippen LogP contribution is 2.11. The van der Waals surface area contributed by atoms with Gasteiger partial charge in [0, 0.05) is 11.0 Å². The SMILES string of the molecule is CSCC(=O)NCc1cccc(Br)c1. The molecule has 1 aromatic rings. The van der Waals surface area contributed by atoms with Gasteiger partial charge in [-0.2, -0.15) is 11.8 Å². The molecule has 0 heterocycles. The second kappa shape index (κ2) is 6.09. The molecule has 0 aliphatic carbocycles. The number of halogens is 1. The number of hydrogen-bond acceptors (Lipinski definition) is 2. The molecule has 1 aromatic carbocycles. The molecule has 76 valence electrons. The molecule has 4 heteroatoms. The van der Waals surface area contributed by atoms with E-state index in [1.807, 2.05) is 30.5 Å². The van der Waals surface area contributed by atoms with Crippen LogP contribution in [-0.2, 0) is 11.3 Å². The normalized spacial score (nSPS) is 9.86. The first-order valence-electron chi connectivity index (χ1n) is 4.22. The number of hydrogen-bond donors (Lipinski definition) is 1. The molecule has 0 unspecified atom stereocenters. The molecule has 1 rings (SSSR count). The van der Waals surface area contributed by atoms with Crippen LogP contribution in [0.25, 0.3) is 0 Å². The van der Waals surface area contributed by atoms with Crippen molar-refractivity contribution in [1.82, 2.24) is 5.32 Å². The first-order chi connectivity index (χ1) is 6.72. The summed E-state index contributed by atoms with van der Waals surface area (Å²) >= 11 is 4.91. The zero-order valence-electron chi connectivity index (χ0n) is 7.92. The lowest BCUT2D eigenvalue weighted by molar-refractivity contribution is -0.118. The van der Waals surface area contributed by atoms with Crippen molar-refractivity contribution in [3.05, 3.63) is 34.3 Å². The molecule has 0 fully saturated rings. The number of carbonyl (C=O) groups excluding carboxylic acids is 1. The van der Waals surface area contributed by atoms with Gasteiger partial charge in [0.1, 0.15) is 0 Å². The van der Waals surface area contributed by atoms with E-state index in [0.29, 0.717) is 12.3 Å². The van der Waals surface area contributed by atoms with E-state index in [2.05, 4.69) is 21.2 Å². The first-order valence-corrected chi connectivity index (χ1v) is 6.41. The zero-order chi connectivity index (χ0) is 10.4. The van der Waals surface area contributed by atoms with Gasteiger partial charge in [-0.25, -0.2) is 0 Å². The number of amides is 1. The maximum Gasteiger partial charge on any atom is 0.230 e. The number of nitrogens with one attached hydrogen (secondary N) is 1. The summed E-state index contributed by atoms with van der Waals surface area (Å²) in [6, 6.07) is 7.91. The summed E-state index contributed by atoms with van der Waals surface area (Å²) in [6.07, 6.45) is 1.92. The van der Waals surface area contributed by atoms with Crippen LogP contribution in [0.3, 0.4) is 0 Å². The third-order valence-electron chi connectivity index (χ3n) is 1.65. The van der Waals surface area contributed by atoms with E-state index < -0.39 is 0 Å². The Balaban J connectivity index is 2.41. The van der Waals surface area contributed by atoms with E-state index in [-0.39, 0.29) is 5.91 Å². The Morgan fingerprint density at radius 2 is 2.36 bits per heavy atom. The van der Waals surface area contributed by atoms with Crippen molar-refractivity contribution in [3.8, 4) is 0 Å². The molecule has 0 aliphatic rings. The van der Waals surface area contributed by atoms with Crippen LogP contribution in [0, 0.1) is 0 Å². The van der Waals surface area contributed by atoms with Gasteiger partial charge in [-0.05, 0) is 24.0 Å². The van der Waals surface area contributed by atoms with Crippen LogP contribution in [0.1, 0.15) is 5.56 Å². The Morgan fingerprint density at radius 1 is 1.57 bits per heavy atom. The van der Waals surface area contributed by atoms with Crippen molar-refractivity contribution in [2.75, 3.05) is 12.0 Å². The summed E-state index contributed by atoms with van der Waals surface area (Å²) in [5.74, 6) is 0.603. The van der Waals surface area contributed by atoms with E-state index in [9.17, 15) is 4.79 Å². The largest absolute Gasteiger partial charge is 0.351 e. The molecular weight excluding hydrogens is 262 g/mol. The minimum absolute atomic E-state index is 0.0810. The second-order valence-corrected chi connectivity index (χ2v) is 4.62. The molecule has 0 atom stereocenters. The van der Waals surface area contributed by atoms with E-state index in [1.165, 1.54) is 11.8 Å². The molecule has 0 saturated carbocycles. The van der Waals surface area contributed by atoms with Gasteiger partial charge in [0.2, 0.25) is 5.91 Å². The third kappa shape index (κ3) is 4.15. The fourth-order valence-electron chi connectivity index (χ4n) is 1.03. The van der Waals surface area contributed by atoms with E-state index in [4.69, 9.17) is 0 Å². The molecule has 14 heavy (non-hydrogen) atoms. The summed E-state index contributed by atoms with van der Waals surface area (Å²) in [6.45, 7) is 0.596. The van der Waals surface area contributed by atoms with Crippen LogP contribution in [0.2, 0.25) is 0 Å². The van der Waals surface area contributed by atoms with Crippen LogP contribution in [0.5, 0.6) is 0 Å². The van der Waals surface area contributed by atoms with E-state index >= 15 is 0 Å². The van der Waals surface area contributed by atoms with Crippen LogP contribution in [0.15, 0.2) is 28.7 Å². The van der Waals surface area contributed by atoms with Gasteiger partial charge in [0.15, 0.2) is 0 Å². The summed E-state index contributed by atoms with van der Waals surface area (Å²) in [5.41, 5.74) is 1.11. The number of rotatable bonds is 4. The minimum atomic E-state index is 0.0810. The molecule has 0 saturated heterocycles. The lowest BCUT2D eigenvalue weighted by Crippen LogP contribution is -2.24. The Hall–Kier alpha value is -0.480. The summed E-state index contributed by atoms with van der Waals surface area (Å²) in [5, 5.41) is 2.85. The molecule has 0 bridgehead atoms. The number of benzene rings is 1. The molecule has 0 aliphatic heterocycles. The molecular formula is C10H12BrNOS. The maximum absolute atomic E-state index is 11.2. The Labute approximate surface area is 96.6 Å². The van der Waals surface area contributed by atoms with Crippen molar-refractivity contribution < 1.29 is 4.79 Å². The van der Waals surface area contributed by atoms with E-state index in [0.717, 1.165) is 10.0 Å². The van der Waals surface area contributed by atoms with Gasteiger partial charge in [0.05, 0.1) is 5.75 Å². The zero-order valence-corrected chi connectivity index (χ0v) is 10.3. The van der Waals surface area contributed by atoms with Gasteiger partial charge in [-0.15, -0.1) is 0 Å². The summed E-state index contributed by atoms with van der Waals surface area (Å²) in [4.78, 5) is 11.2. The van der Waals surface area contributed by atoms with Gasteiger partial charge in [-0.3, -0.25) is 4.79 Å². The van der Waals surface area contributed by atoms with Gasteiger partial charge >= 0.3 is 0 Å². The molecule has 1 N–H and O–H groups in total. The summed E-state index contributed by atoms with van der Waals surface area (Å²) in [7, 11) is 0. The Kier molecular flexibility index (Phi) is 5.04. The number of carbonyl (C=O) groups is 1. The number of thioether (sulfide) groups is 1.